The highest BCUT2D eigenvalue weighted by Gasteiger charge is 2.13. The summed E-state index contributed by atoms with van der Waals surface area (Å²) >= 11 is 0. The van der Waals surface area contributed by atoms with Gasteiger partial charge in [0.1, 0.15) is 11.8 Å². The van der Waals surface area contributed by atoms with Gasteiger partial charge in [-0.25, -0.2) is 5.84 Å². The van der Waals surface area contributed by atoms with E-state index in [4.69, 9.17) is 10.6 Å². The van der Waals surface area contributed by atoms with Gasteiger partial charge in [-0.05, 0) is 43.9 Å². The SMILES string of the molecule is COc1ccc(CCCC(=O)NC(C)C(=O)NN)cc1C. The molecule has 21 heavy (non-hydrogen) atoms. The fourth-order valence-electron chi connectivity index (χ4n) is 2.05. The van der Waals surface area contributed by atoms with Gasteiger partial charge in [-0.2, -0.15) is 0 Å². The molecule has 0 fully saturated rings. The fourth-order valence-corrected chi connectivity index (χ4v) is 2.05. The summed E-state index contributed by atoms with van der Waals surface area (Å²) in [6.45, 7) is 3.58. The van der Waals surface area contributed by atoms with E-state index >= 15 is 0 Å². The van der Waals surface area contributed by atoms with Crippen molar-refractivity contribution < 1.29 is 14.3 Å². The Balaban J connectivity index is 2.38. The van der Waals surface area contributed by atoms with Gasteiger partial charge in [-0.1, -0.05) is 12.1 Å². The van der Waals surface area contributed by atoms with E-state index in [0.29, 0.717) is 12.8 Å². The van der Waals surface area contributed by atoms with Gasteiger partial charge >= 0.3 is 0 Å². The maximum atomic E-state index is 11.7. The second-order valence-corrected chi connectivity index (χ2v) is 4.96. The van der Waals surface area contributed by atoms with Gasteiger partial charge in [0.05, 0.1) is 7.11 Å². The van der Waals surface area contributed by atoms with Crippen molar-refractivity contribution in [1.29, 1.82) is 0 Å². The third kappa shape index (κ3) is 5.43. The number of amides is 2. The molecule has 0 bridgehead atoms. The van der Waals surface area contributed by atoms with Gasteiger partial charge < -0.3 is 10.1 Å². The van der Waals surface area contributed by atoms with Crippen molar-refractivity contribution in [2.24, 2.45) is 5.84 Å². The highest BCUT2D eigenvalue weighted by molar-refractivity contribution is 5.86. The van der Waals surface area contributed by atoms with Crippen molar-refractivity contribution >= 4 is 11.8 Å². The van der Waals surface area contributed by atoms with Crippen molar-refractivity contribution in [3.05, 3.63) is 29.3 Å². The molecule has 6 nitrogen and oxygen atoms in total. The molecular formula is C15H23N3O3. The van der Waals surface area contributed by atoms with Gasteiger partial charge in [0, 0.05) is 6.42 Å². The molecule has 0 radical (unpaired) electrons. The quantitative estimate of drug-likeness (QED) is 0.394. The van der Waals surface area contributed by atoms with E-state index in [0.717, 1.165) is 23.3 Å². The van der Waals surface area contributed by atoms with Crippen LogP contribution in [0.15, 0.2) is 18.2 Å². The normalized spacial score (nSPS) is 11.6. The lowest BCUT2D eigenvalue weighted by Gasteiger charge is -2.12. The molecule has 2 amide bonds. The second-order valence-electron chi connectivity index (χ2n) is 4.96. The molecule has 4 N–H and O–H groups in total. The molecule has 1 unspecified atom stereocenters. The third-order valence-corrected chi connectivity index (χ3v) is 3.24. The average Bonchev–Trinajstić information content (AvgIpc) is 2.46. The average molecular weight is 293 g/mol. The number of hydrogen-bond acceptors (Lipinski definition) is 4. The standard InChI is InChI=1S/C15H23N3O3/c1-10-9-12(7-8-13(10)21-3)5-4-6-14(19)17-11(2)15(20)18-16/h7-9,11H,4-6,16H2,1-3H3,(H,17,19)(H,18,20). The Hall–Kier alpha value is -2.08. The van der Waals surface area contributed by atoms with Crippen LogP contribution in [0.5, 0.6) is 5.75 Å². The third-order valence-electron chi connectivity index (χ3n) is 3.24. The number of methoxy groups -OCH3 is 1. The first-order valence-electron chi connectivity index (χ1n) is 6.91. The fraction of sp³-hybridized carbons (Fsp3) is 0.467. The number of nitrogens with one attached hydrogen (secondary N) is 2. The van der Waals surface area contributed by atoms with E-state index in [1.54, 1.807) is 14.0 Å². The Morgan fingerprint density at radius 3 is 2.67 bits per heavy atom. The van der Waals surface area contributed by atoms with Crippen molar-refractivity contribution in [2.75, 3.05) is 7.11 Å². The lowest BCUT2D eigenvalue weighted by Crippen LogP contribution is -2.47. The van der Waals surface area contributed by atoms with Crippen molar-refractivity contribution in [2.45, 2.75) is 39.2 Å². The number of benzene rings is 1. The van der Waals surface area contributed by atoms with E-state index < -0.39 is 11.9 Å². The van der Waals surface area contributed by atoms with Crippen LogP contribution in [-0.4, -0.2) is 25.0 Å². The van der Waals surface area contributed by atoms with Gasteiger partial charge in [0.25, 0.3) is 5.91 Å². The molecule has 1 aromatic rings. The number of hydrazine groups is 1. The summed E-state index contributed by atoms with van der Waals surface area (Å²) in [6.07, 6.45) is 1.89. The van der Waals surface area contributed by atoms with E-state index in [2.05, 4.69) is 11.4 Å². The minimum atomic E-state index is -0.620. The first-order valence-corrected chi connectivity index (χ1v) is 6.91. The minimum absolute atomic E-state index is 0.156. The van der Waals surface area contributed by atoms with Gasteiger partial charge in [0.15, 0.2) is 0 Å². The topological polar surface area (TPSA) is 93.4 Å². The van der Waals surface area contributed by atoms with Crippen LogP contribution in [0.1, 0.15) is 30.9 Å². The van der Waals surface area contributed by atoms with E-state index in [-0.39, 0.29) is 5.91 Å². The molecule has 0 aliphatic carbocycles. The summed E-state index contributed by atoms with van der Waals surface area (Å²) in [4.78, 5) is 22.9. The monoisotopic (exact) mass is 293 g/mol. The largest absolute Gasteiger partial charge is 0.496 e. The van der Waals surface area contributed by atoms with Crippen LogP contribution in [0, 0.1) is 6.92 Å². The molecule has 116 valence electrons. The van der Waals surface area contributed by atoms with Crippen LogP contribution >= 0.6 is 0 Å². The molecule has 1 aromatic carbocycles. The zero-order chi connectivity index (χ0) is 15.8. The zero-order valence-corrected chi connectivity index (χ0v) is 12.7. The van der Waals surface area contributed by atoms with Crippen LogP contribution in [-0.2, 0) is 16.0 Å². The van der Waals surface area contributed by atoms with Crippen LogP contribution < -0.4 is 21.3 Å². The number of rotatable bonds is 7. The summed E-state index contributed by atoms with van der Waals surface area (Å²) in [5.41, 5.74) is 4.24. The summed E-state index contributed by atoms with van der Waals surface area (Å²) in [7, 11) is 1.64. The Labute approximate surface area is 125 Å². The van der Waals surface area contributed by atoms with Crippen molar-refractivity contribution in [3.63, 3.8) is 0 Å². The number of nitrogens with two attached hydrogens (primary N) is 1. The molecule has 0 saturated carbocycles. The predicted octanol–water partition coefficient (Wildman–Crippen LogP) is 0.821. The van der Waals surface area contributed by atoms with Gasteiger partial charge in [0.2, 0.25) is 5.91 Å². The van der Waals surface area contributed by atoms with Crippen molar-refractivity contribution in [1.82, 2.24) is 10.7 Å². The highest BCUT2D eigenvalue weighted by atomic mass is 16.5. The maximum Gasteiger partial charge on any atom is 0.256 e. The smallest absolute Gasteiger partial charge is 0.256 e. The molecule has 1 rings (SSSR count). The molecule has 0 saturated heterocycles. The molecule has 0 spiro atoms. The Bertz CT molecular complexity index is 503. The Kier molecular flexibility index (Phi) is 6.68. The van der Waals surface area contributed by atoms with E-state index in [1.165, 1.54) is 0 Å². The molecular weight excluding hydrogens is 270 g/mol. The number of hydrogen-bond donors (Lipinski definition) is 3. The molecule has 6 heteroatoms. The first kappa shape index (κ1) is 17.0. The van der Waals surface area contributed by atoms with Crippen molar-refractivity contribution in [3.8, 4) is 5.75 Å². The van der Waals surface area contributed by atoms with E-state index in [9.17, 15) is 9.59 Å². The lowest BCUT2D eigenvalue weighted by molar-refractivity contribution is -0.128. The van der Waals surface area contributed by atoms with Crippen LogP contribution in [0.3, 0.4) is 0 Å². The minimum Gasteiger partial charge on any atom is -0.496 e. The predicted molar refractivity (Wildman–Crippen MR) is 80.6 cm³/mol. The first-order chi connectivity index (χ1) is 9.97. The Morgan fingerprint density at radius 2 is 2.10 bits per heavy atom. The van der Waals surface area contributed by atoms with Crippen LogP contribution in [0.2, 0.25) is 0 Å². The van der Waals surface area contributed by atoms with E-state index in [1.807, 2.05) is 24.5 Å². The molecule has 0 aliphatic rings. The maximum absolute atomic E-state index is 11.7. The van der Waals surface area contributed by atoms with Gasteiger partial charge in [-0.15, -0.1) is 0 Å². The summed E-state index contributed by atoms with van der Waals surface area (Å²) in [5, 5.41) is 2.60. The summed E-state index contributed by atoms with van der Waals surface area (Å²) in [5.74, 6) is 5.30. The van der Waals surface area contributed by atoms with Crippen LogP contribution in [0.4, 0.5) is 0 Å². The zero-order valence-electron chi connectivity index (χ0n) is 12.7. The highest BCUT2D eigenvalue weighted by Crippen LogP contribution is 2.19. The summed E-state index contributed by atoms with van der Waals surface area (Å²) < 4.78 is 5.21. The summed E-state index contributed by atoms with van der Waals surface area (Å²) in [6, 6.07) is 5.36. The van der Waals surface area contributed by atoms with Crippen LogP contribution in [0.25, 0.3) is 0 Å². The molecule has 0 aromatic heterocycles. The molecule has 0 aliphatic heterocycles. The molecule has 0 heterocycles. The Morgan fingerprint density at radius 1 is 1.38 bits per heavy atom. The lowest BCUT2D eigenvalue weighted by atomic mass is 10.0. The molecule has 1 atom stereocenters. The van der Waals surface area contributed by atoms with Gasteiger partial charge in [-0.3, -0.25) is 15.0 Å². The number of carbonyl (C=O) groups is 2. The second kappa shape index (κ2) is 8.26. The number of carbonyl (C=O) groups excluding carboxylic acids is 2. The number of aryl methyl sites for hydroxylation is 2. The number of ether oxygens (including phenoxy) is 1.